The van der Waals surface area contributed by atoms with Crippen LogP contribution in [0.4, 0.5) is 4.39 Å². The molecule has 4 rings (SSSR count). The van der Waals surface area contributed by atoms with Gasteiger partial charge < -0.3 is 10.2 Å². The van der Waals surface area contributed by atoms with Gasteiger partial charge in [-0.25, -0.2) is 4.39 Å². The van der Waals surface area contributed by atoms with Crippen LogP contribution in [-0.2, 0) is 11.3 Å². The van der Waals surface area contributed by atoms with Gasteiger partial charge in [0.2, 0.25) is 5.91 Å². The van der Waals surface area contributed by atoms with Gasteiger partial charge in [-0.1, -0.05) is 42.5 Å². The molecule has 1 amide bonds. The van der Waals surface area contributed by atoms with Gasteiger partial charge in [0.05, 0.1) is 5.41 Å². The van der Waals surface area contributed by atoms with Gasteiger partial charge in [-0.05, 0) is 42.6 Å². The average molecular weight is 338 g/mol. The van der Waals surface area contributed by atoms with Crippen LogP contribution in [0.3, 0.4) is 0 Å². The van der Waals surface area contributed by atoms with E-state index in [1.54, 1.807) is 0 Å². The molecule has 4 heteroatoms. The second-order valence-corrected chi connectivity index (χ2v) is 7.21. The molecule has 0 aliphatic carbocycles. The molecule has 0 saturated carbocycles. The Hall–Kier alpha value is -2.20. The minimum atomic E-state index is -0.398. The van der Waals surface area contributed by atoms with Crippen LogP contribution in [0.1, 0.15) is 29.9 Å². The molecule has 130 valence electrons. The van der Waals surface area contributed by atoms with E-state index in [0.29, 0.717) is 19.6 Å². The number of nitrogens with zero attached hydrogens (tertiary/aromatic N) is 1. The number of carbonyl (C=O) groups is 1. The van der Waals surface area contributed by atoms with Gasteiger partial charge in [0.1, 0.15) is 5.82 Å². The number of rotatable bonds is 3. The van der Waals surface area contributed by atoms with Gasteiger partial charge in [0.25, 0.3) is 0 Å². The first-order valence-electron chi connectivity index (χ1n) is 8.98. The van der Waals surface area contributed by atoms with Gasteiger partial charge in [-0.2, -0.15) is 0 Å². The van der Waals surface area contributed by atoms with E-state index < -0.39 is 5.41 Å². The van der Waals surface area contributed by atoms with Crippen molar-refractivity contribution in [2.75, 3.05) is 19.6 Å². The Morgan fingerprint density at radius 1 is 1.12 bits per heavy atom. The maximum atomic E-state index is 13.4. The van der Waals surface area contributed by atoms with E-state index in [1.807, 2.05) is 35.2 Å². The Morgan fingerprint density at radius 3 is 2.56 bits per heavy atom. The summed E-state index contributed by atoms with van der Waals surface area (Å²) >= 11 is 0. The molecular weight excluding hydrogens is 315 g/mol. The van der Waals surface area contributed by atoms with E-state index in [4.69, 9.17) is 0 Å². The molecule has 2 fully saturated rings. The van der Waals surface area contributed by atoms with Gasteiger partial charge >= 0.3 is 0 Å². The predicted octanol–water partition coefficient (Wildman–Crippen LogP) is 3.32. The molecule has 2 aromatic carbocycles. The van der Waals surface area contributed by atoms with Crippen LogP contribution >= 0.6 is 0 Å². The molecule has 1 N–H and O–H groups in total. The van der Waals surface area contributed by atoms with Crippen LogP contribution < -0.4 is 5.32 Å². The van der Waals surface area contributed by atoms with Crippen LogP contribution in [0, 0.1) is 11.2 Å². The fourth-order valence-electron chi connectivity index (χ4n) is 4.41. The Balaban J connectivity index is 1.66. The number of likely N-dealkylation sites (tertiary alicyclic amines) is 1. The summed E-state index contributed by atoms with van der Waals surface area (Å²) in [5.41, 5.74) is 1.81. The minimum Gasteiger partial charge on any atom is -0.337 e. The first-order chi connectivity index (χ1) is 12.2. The van der Waals surface area contributed by atoms with Gasteiger partial charge in [0.15, 0.2) is 0 Å². The van der Waals surface area contributed by atoms with Crippen molar-refractivity contribution < 1.29 is 9.18 Å². The lowest BCUT2D eigenvalue weighted by Gasteiger charge is -2.37. The summed E-state index contributed by atoms with van der Waals surface area (Å²) in [5.74, 6) is 0.111. The topological polar surface area (TPSA) is 32.3 Å². The van der Waals surface area contributed by atoms with Crippen molar-refractivity contribution >= 4 is 5.91 Å². The highest BCUT2D eigenvalue weighted by Crippen LogP contribution is 2.48. The second-order valence-electron chi connectivity index (χ2n) is 7.21. The molecule has 2 aliphatic heterocycles. The first-order valence-corrected chi connectivity index (χ1v) is 8.98. The quantitative estimate of drug-likeness (QED) is 0.931. The zero-order valence-electron chi connectivity index (χ0n) is 14.2. The van der Waals surface area contributed by atoms with E-state index in [1.165, 1.54) is 12.1 Å². The Bertz CT molecular complexity index is 738. The standard InChI is InChI=1S/C21H23FN2O/c22-18-9-7-17(8-10-18)19-14-24(13-16-5-2-1-3-6-16)20(25)21(19)11-4-12-23-15-21/h1-3,5-10,19,23H,4,11-15H2. The average Bonchev–Trinajstić information content (AvgIpc) is 2.90. The molecule has 2 saturated heterocycles. The van der Waals surface area contributed by atoms with E-state index in [9.17, 15) is 9.18 Å². The summed E-state index contributed by atoms with van der Waals surface area (Å²) in [4.78, 5) is 15.3. The van der Waals surface area contributed by atoms with Gasteiger partial charge in [0, 0.05) is 25.6 Å². The summed E-state index contributed by atoms with van der Waals surface area (Å²) < 4.78 is 13.4. The highest BCUT2D eigenvalue weighted by atomic mass is 19.1. The SMILES string of the molecule is O=C1N(Cc2ccccc2)CC(c2ccc(F)cc2)C12CCCNC2. The lowest BCUT2D eigenvalue weighted by molar-refractivity contribution is -0.137. The zero-order valence-corrected chi connectivity index (χ0v) is 14.2. The van der Waals surface area contributed by atoms with Crippen molar-refractivity contribution in [2.24, 2.45) is 5.41 Å². The number of piperidine rings is 1. The molecule has 1 spiro atoms. The van der Waals surface area contributed by atoms with Crippen molar-refractivity contribution in [3.05, 3.63) is 71.5 Å². The lowest BCUT2D eigenvalue weighted by atomic mass is 9.69. The molecule has 0 aromatic heterocycles. The molecule has 2 aromatic rings. The molecule has 2 heterocycles. The monoisotopic (exact) mass is 338 g/mol. The van der Waals surface area contributed by atoms with Gasteiger partial charge in [-0.3, -0.25) is 4.79 Å². The number of hydrogen-bond acceptors (Lipinski definition) is 2. The normalized spacial score (nSPS) is 26.4. The third kappa shape index (κ3) is 2.95. The van der Waals surface area contributed by atoms with Crippen molar-refractivity contribution in [1.82, 2.24) is 10.2 Å². The van der Waals surface area contributed by atoms with Crippen LogP contribution in [0.5, 0.6) is 0 Å². The van der Waals surface area contributed by atoms with Crippen LogP contribution in [-0.4, -0.2) is 30.4 Å². The van der Waals surface area contributed by atoms with Crippen LogP contribution in [0.2, 0.25) is 0 Å². The zero-order chi connectivity index (χ0) is 17.3. The Labute approximate surface area is 147 Å². The smallest absolute Gasteiger partial charge is 0.231 e. The van der Waals surface area contributed by atoms with E-state index >= 15 is 0 Å². The molecule has 3 nitrogen and oxygen atoms in total. The maximum Gasteiger partial charge on any atom is 0.231 e. The number of carbonyl (C=O) groups excluding carboxylic acids is 1. The molecule has 2 aliphatic rings. The minimum absolute atomic E-state index is 0.108. The summed E-state index contributed by atoms with van der Waals surface area (Å²) in [6, 6.07) is 16.8. The fourth-order valence-corrected chi connectivity index (χ4v) is 4.41. The van der Waals surface area contributed by atoms with Crippen molar-refractivity contribution in [3.63, 3.8) is 0 Å². The Morgan fingerprint density at radius 2 is 1.88 bits per heavy atom. The number of nitrogens with one attached hydrogen (secondary N) is 1. The van der Waals surface area contributed by atoms with E-state index in [2.05, 4.69) is 17.4 Å². The lowest BCUT2D eigenvalue weighted by Crippen LogP contribution is -2.47. The number of halogens is 1. The Kier molecular flexibility index (Phi) is 4.30. The number of amides is 1. The summed E-state index contributed by atoms with van der Waals surface area (Å²) in [6.07, 6.45) is 1.90. The third-order valence-electron chi connectivity index (χ3n) is 5.69. The maximum absolute atomic E-state index is 13.4. The summed E-state index contributed by atoms with van der Waals surface area (Å²) in [7, 11) is 0. The predicted molar refractivity (Wildman–Crippen MR) is 95.5 cm³/mol. The highest BCUT2D eigenvalue weighted by Gasteiger charge is 2.54. The molecule has 2 atom stereocenters. The molecule has 0 bridgehead atoms. The summed E-state index contributed by atoms with van der Waals surface area (Å²) in [6.45, 7) is 3.00. The second kappa shape index (κ2) is 6.60. The number of benzene rings is 2. The highest BCUT2D eigenvalue weighted by molar-refractivity contribution is 5.87. The number of hydrogen-bond donors (Lipinski definition) is 1. The van der Waals surface area contributed by atoms with Crippen molar-refractivity contribution in [2.45, 2.75) is 25.3 Å². The van der Waals surface area contributed by atoms with Crippen LogP contribution in [0.15, 0.2) is 54.6 Å². The third-order valence-corrected chi connectivity index (χ3v) is 5.69. The van der Waals surface area contributed by atoms with Crippen molar-refractivity contribution in [3.8, 4) is 0 Å². The molecule has 25 heavy (non-hydrogen) atoms. The fraction of sp³-hybridized carbons (Fsp3) is 0.381. The molecule has 0 radical (unpaired) electrons. The molecular formula is C21H23FN2O. The van der Waals surface area contributed by atoms with Crippen LogP contribution in [0.25, 0.3) is 0 Å². The molecule has 2 unspecified atom stereocenters. The van der Waals surface area contributed by atoms with Gasteiger partial charge in [-0.15, -0.1) is 0 Å². The van der Waals surface area contributed by atoms with E-state index in [0.717, 1.165) is 30.5 Å². The van der Waals surface area contributed by atoms with E-state index in [-0.39, 0.29) is 17.6 Å². The summed E-state index contributed by atoms with van der Waals surface area (Å²) in [5, 5.41) is 3.42. The largest absolute Gasteiger partial charge is 0.337 e. The first kappa shape index (κ1) is 16.3. The van der Waals surface area contributed by atoms with Crippen molar-refractivity contribution in [1.29, 1.82) is 0 Å².